The van der Waals surface area contributed by atoms with Gasteiger partial charge in [-0.05, 0) is 67.8 Å². The average Bonchev–Trinajstić information content (AvgIpc) is 2.97. The van der Waals surface area contributed by atoms with E-state index in [4.69, 9.17) is 34.8 Å². The van der Waals surface area contributed by atoms with Gasteiger partial charge in [0.25, 0.3) is 10.0 Å². The van der Waals surface area contributed by atoms with Crippen molar-refractivity contribution in [2.45, 2.75) is 62.6 Å². The van der Waals surface area contributed by atoms with E-state index in [0.717, 1.165) is 42.0 Å². The molecule has 0 spiro atoms. The van der Waals surface area contributed by atoms with Crippen molar-refractivity contribution < 1.29 is 18.0 Å². The van der Waals surface area contributed by atoms with Gasteiger partial charge in [-0.15, -0.1) is 0 Å². The Morgan fingerprint density at radius 1 is 0.902 bits per heavy atom. The van der Waals surface area contributed by atoms with E-state index in [9.17, 15) is 18.0 Å². The molecule has 3 aromatic carbocycles. The van der Waals surface area contributed by atoms with E-state index in [1.165, 1.54) is 35.2 Å². The van der Waals surface area contributed by atoms with Crippen LogP contribution in [0, 0.1) is 0 Å². The number of hydrogen-bond acceptors (Lipinski definition) is 4. The first-order valence-electron chi connectivity index (χ1n) is 13.4. The van der Waals surface area contributed by atoms with Crippen molar-refractivity contribution in [3.8, 4) is 0 Å². The van der Waals surface area contributed by atoms with Crippen LogP contribution in [-0.2, 0) is 26.2 Å². The molecule has 1 atom stereocenters. The number of hydrogen-bond donors (Lipinski definition) is 1. The third-order valence-electron chi connectivity index (χ3n) is 7.19. The highest BCUT2D eigenvalue weighted by molar-refractivity contribution is 7.92. The van der Waals surface area contributed by atoms with Gasteiger partial charge in [0.15, 0.2) is 0 Å². The van der Waals surface area contributed by atoms with Gasteiger partial charge in [-0.25, -0.2) is 8.42 Å². The lowest BCUT2D eigenvalue weighted by Crippen LogP contribution is -2.53. The van der Waals surface area contributed by atoms with Gasteiger partial charge in [0.2, 0.25) is 11.8 Å². The molecule has 0 radical (unpaired) electrons. The van der Waals surface area contributed by atoms with Crippen molar-refractivity contribution in [1.29, 1.82) is 0 Å². The van der Waals surface area contributed by atoms with Crippen LogP contribution in [0.5, 0.6) is 0 Å². The number of amides is 2. The van der Waals surface area contributed by atoms with Crippen molar-refractivity contribution in [3.05, 3.63) is 93.4 Å². The Balaban J connectivity index is 1.68. The Kier molecular flexibility index (Phi) is 10.6. The largest absolute Gasteiger partial charge is 0.352 e. The van der Waals surface area contributed by atoms with Gasteiger partial charge in [-0.2, -0.15) is 0 Å². The quantitative estimate of drug-likeness (QED) is 0.268. The fourth-order valence-electron chi connectivity index (χ4n) is 4.83. The molecule has 1 N–H and O–H groups in total. The lowest BCUT2D eigenvalue weighted by molar-refractivity contribution is -0.139. The van der Waals surface area contributed by atoms with Gasteiger partial charge >= 0.3 is 0 Å². The van der Waals surface area contributed by atoms with Crippen molar-refractivity contribution in [3.63, 3.8) is 0 Å². The lowest BCUT2D eigenvalue weighted by Gasteiger charge is -2.33. The van der Waals surface area contributed by atoms with Crippen molar-refractivity contribution in [2.24, 2.45) is 0 Å². The zero-order valence-electron chi connectivity index (χ0n) is 22.6. The van der Waals surface area contributed by atoms with Crippen LogP contribution in [0.4, 0.5) is 5.69 Å². The fraction of sp³-hybridized carbons (Fsp3) is 0.333. The molecule has 0 aromatic heterocycles. The second kappa shape index (κ2) is 13.9. The van der Waals surface area contributed by atoms with Gasteiger partial charge in [0, 0.05) is 17.6 Å². The van der Waals surface area contributed by atoms with Crippen molar-refractivity contribution in [2.75, 3.05) is 10.8 Å². The number of rotatable bonds is 10. The monoisotopic (exact) mass is 635 g/mol. The van der Waals surface area contributed by atoms with Crippen LogP contribution in [-0.4, -0.2) is 43.8 Å². The van der Waals surface area contributed by atoms with Crippen LogP contribution >= 0.6 is 34.8 Å². The number of carbonyl (C=O) groups excluding carboxylic acids is 2. The molecule has 0 unspecified atom stereocenters. The third-order valence-corrected chi connectivity index (χ3v) is 9.97. The Bertz CT molecular complexity index is 1460. The summed E-state index contributed by atoms with van der Waals surface area (Å²) in [6.07, 6.45) is 5.02. The van der Waals surface area contributed by atoms with E-state index >= 15 is 0 Å². The fourth-order valence-corrected chi connectivity index (χ4v) is 6.67. The van der Waals surface area contributed by atoms with Gasteiger partial charge in [0.05, 0.1) is 20.6 Å². The molecule has 0 aliphatic heterocycles. The molecule has 1 aliphatic rings. The lowest BCUT2D eigenvalue weighted by atomic mass is 9.95. The molecule has 4 rings (SSSR count). The Hall–Kier alpha value is -2.78. The highest BCUT2D eigenvalue weighted by atomic mass is 35.5. The van der Waals surface area contributed by atoms with E-state index in [0.29, 0.717) is 5.02 Å². The molecule has 0 bridgehead atoms. The summed E-state index contributed by atoms with van der Waals surface area (Å²) in [5.41, 5.74) is 0.912. The molecule has 3 aromatic rings. The average molecular weight is 637 g/mol. The van der Waals surface area contributed by atoms with Crippen LogP contribution in [0.15, 0.2) is 77.7 Å². The molecular weight excluding hydrogens is 605 g/mol. The summed E-state index contributed by atoms with van der Waals surface area (Å²) < 4.78 is 28.7. The molecule has 0 heterocycles. The molecule has 11 heteroatoms. The maximum atomic E-state index is 14.0. The van der Waals surface area contributed by atoms with E-state index < -0.39 is 28.5 Å². The number of nitrogens with one attached hydrogen (secondary N) is 1. The molecular formula is C30H32Cl3N3O4S. The number of nitrogens with zero attached hydrogens (tertiary/aromatic N) is 2. The second-order valence-corrected chi connectivity index (χ2v) is 13.2. The van der Waals surface area contributed by atoms with Crippen molar-refractivity contribution >= 4 is 62.3 Å². The van der Waals surface area contributed by atoms with E-state index in [1.807, 2.05) is 0 Å². The molecule has 0 saturated heterocycles. The number of anilines is 1. The summed E-state index contributed by atoms with van der Waals surface area (Å²) in [5, 5.41) is 4.01. The zero-order valence-corrected chi connectivity index (χ0v) is 25.7. The van der Waals surface area contributed by atoms with Gasteiger partial charge in [0.1, 0.15) is 12.6 Å². The smallest absolute Gasteiger partial charge is 0.264 e. The van der Waals surface area contributed by atoms with Crippen LogP contribution in [0.25, 0.3) is 0 Å². The molecule has 1 fully saturated rings. The van der Waals surface area contributed by atoms with E-state index in [1.54, 1.807) is 49.4 Å². The van der Waals surface area contributed by atoms with Gasteiger partial charge in [-0.3, -0.25) is 13.9 Å². The third kappa shape index (κ3) is 7.95. The van der Waals surface area contributed by atoms with Crippen LogP contribution in [0.1, 0.15) is 44.6 Å². The predicted octanol–water partition coefficient (Wildman–Crippen LogP) is 6.71. The van der Waals surface area contributed by atoms with E-state index in [2.05, 4.69) is 5.32 Å². The summed E-state index contributed by atoms with van der Waals surface area (Å²) in [6.45, 7) is 1.17. The standard InChI is InChI=1S/C30H32Cl3N3O4S/c1-21(30(38)34-24-8-4-2-5-9-24)35(19-22-12-14-23(31)15-13-22)29(37)20-36(25-16-17-27(32)28(33)18-25)41(39,40)26-10-6-3-7-11-26/h3,6-7,10-18,21,24H,2,4-5,8-9,19-20H2,1H3,(H,34,38)/t21-/m1/s1. The molecule has 1 saturated carbocycles. The highest BCUT2D eigenvalue weighted by Crippen LogP contribution is 2.31. The molecule has 2 amide bonds. The summed E-state index contributed by atoms with van der Waals surface area (Å²) in [7, 11) is -4.19. The minimum absolute atomic E-state index is 0.00575. The normalized spacial score (nSPS) is 14.7. The number of benzene rings is 3. The highest BCUT2D eigenvalue weighted by Gasteiger charge is 2.33. The van der Waals surface area contributed by atoms with Crippen LogP contribution in [0.2, 0.25) is 15.1 Å². The van der Waals surface area contributed by atoms with Gasteiger partial charge < -0.3 is 10.2 Å². The summed E-state index contributed by atoms with van der Waals surface area (Å²) in [5.74, 6) is -0.844. The Morgan fingerprint density at radius 3 is 2.20 bits per heavy atom. The summed E-state index contributed by atoms with van der Waals surface area (Å²) >= 11 is 18.4. The summed E-state index contributed by atoms with van der Waals surface area (Å²) in [4.78, 5) is 28.8. The van der Waals surface area contributed by atoms with Crippen LogP contribution < -0.4 is 9.62 Å². The Morgan fingerprint density at radius 2 is 1.56 bits per heavy atom. The first-order chi connectivity index (χ1) is 19.6. The first-order valence-corrected chi connectivity index (χ1v) is 16.0. The SMILES string of the molecule is C[C@H](C(=O)NC1CCCCC1)N(Cc1ccc(Cl)cc1)C(=O)CN(c1ccc(Cl)c(Cl)c1)S(=O)(=O)c1ccccc1. The topological polar surface area (TPSA) is 86.8 Å². The number of sulfonamides is 1. The van der Waals surface area contributed by atoms with Crippen molar-refractivity contribution in [1.82, 2.24) is 10.2 Å². The minimum atomic E-state index is -4.19. The molecule has 1 aliphatic carbocycles. The van der Waals surface area contributed by atoms with Gasteiger partial charge in [-0.1, -0.05) is 84.4 Å². The Labute approximate surface area is 256 Å². The van der Waals surface area contributed by atoms with E-state index in [-0.39, 0.29) is 39.1 Å². The first kappa shape index (κ1) is 31.2. The zero-order chi connectivity index (χ0) is 29.6. The molecule has 7 nitrogen and oxygen atoms in total. The molecule has 41 heavy (non-hydrogen) atoms. The molecule has 218 valence electrons. The maximum Gasteiger partial charge on any atom is 0.264 e. The maximum absolute atomic E-state index is 14.0. The van der Waals surface area contributed by atoms with Crippen LogP contribution in [0.3, 0.4) is 0 Å². The minimum Gasteiger partial charge on any atom is -0.352 e. The summed E-state index contributed by atoms with van der Waals surface area (Å²) in [6, 6.07) is 18.3. The number of carbonyl (C=O) groups is 2. The second-order valence-electron chi connectivity index (χ2n) is 10.1. The number of halogens is 3. The predicted molar refractivity (Wildman–Crippen MR) is 164 cm³/mol.